The van der Waals surface area contributed by atoms with Gasteiger partial charge < -0.3 is 14.6 Å². The van der Waals surface area contributed by atoms with E-state index in [2.05, 4.69) is 17.2 Å². The van der Waals surface area contributed by atoms with Gasteiger partial charge in [0, 0.05) is 19.4 Å². The van der Waals surface area contributed by atoms with Crippen LogP contribution in [0.1, 0.15) is 30.8 Å². The van der Waals surface area contributed by atoms with Crippen LogP contribution in [0.25, 0.3) is 0 Å². The minimum Gasteiger partial charge on any atom is -0.496 e. The Morgan fingerprint density at radius 2 is 2.25 bits per heavy atom. The van der Waals surface area contributed by atoms with Crippen LogP contribution in [-0.2, 0) is 7.05 Å². The summed E-state index contributed by atoms with van der Waals surface area (Å²) in [5.74, 6) is 1.00. The molecule has 0 saturated heterocycles. The van der Waals surface area contributed by atoms with E-state index >= 15 is 0 Å². The quantitative estimate of drug-likeness (QED) is 0.882. The van der Waals surface area contributed by atoms with Crippen molar-refractivity contribution in [2.75, 3.05) is 13.7 Å². The number of hydrogen-bond donors (Lipinski definition) is 1. The van der Waals surface area contributed by atoms with Gasteiger partial charge in [0.05, 0.1) is 18.7 Å². The third-order valence-corrected chi connectivity index (χ3v) is 3.24. The number of ether oxygens (including phenoxy) is 1. The second-order valence-electron chi connectivity index (χ2n) is 4.64. The van der Waals surface area contributed by atoms with E-state index in [1.165, 1.54) is 6.07 Å². The predicted octanol–water partition coefficient (Wildman–Crippen LogP) is 2.66. The van der Waals surface area contributed by atoms with Gasteiger partial charge in [-0.05, 0) is 25.1 Å². The number of nitrogens with one attached hydrogen (secondary N) is 1. The van der Waals surface area contributed by atoms with Crippen molar-refractivity contribution in [1.29, 1.82) is 0 Å². The minimum absolute atomic E-state index is 0.291. The summed E-state index contributed by atoms with van der Waals surface area (Å²) < 4.78 is 21.5. The molecule has 5 heteroatoms. The average Bonchev–Trinajstić information content (AvgIpc) is 2.87. The molecule has 0 aliphatic heterocycles. The molecular weight excluding hydrogens is 257 g/mol. The van der Waals surface area contributed by atoms with Gasteiger partial charge in [-0.15, -0.1) is 0 Å². The van der Waals surface area contributed by atoms with Crippen molar-refractivity contribution in [2.24, 2.45) is 7.05 Å². The van der Waals surface area contributed by atoms with Crippen LogP contribution in [0.4, 0.5) is 4.39 Å². The minimum atomic E-state index is -0.328. The second kappa shape index (κ2) is 6.52. The van der Waals surface area contributed by atoms with E-state index in [1.54, 1.807) is 25.4 Å². The topological polar surface area (TPSA) is 39.1 Å². The van der Waals surface area contributed by atoms with Crippen molar-refractivity contribution in [1.82, 2.24) is 14.9 Å². The number of nitrogens with zero attached hydrogens (tertiary/aromatic N) is 2. The molecule has 1 aromatic carbocycles. The van der Waals surface area contributed by atoms with Crippen LogP contribution in [0.3, 0.4) is 0 Å². The highest BCUT2D eigenvalue weighted by molar-refractivity contribution is 5.40. The Bertz CT molecular complexity index is 568. The molecular formula is C15H20FN3O. The maximum atomic E-state index is 14.3. The van der Waals surface area contributed by atoms with Crippen molar-refractivity contribution in [3.8, 4) is 5.75 Å². The molecule has 2 rings (SSSR count). The molecule has 20 heavy (non-hydrogen) atoms. The maximum absolute atomic E-state index is 14.3. The number of aryl methyl sites for hydroxylation is 1. The monoisotopic (exact) mass is 277 g/mol. The first kappa shape index (κ1) is 14.5. The summed E-state index contributed by atoms with van der Waals surface area (Å²) in [4.78, 5) is 4.34. The molecule has 2 aromatic rings. The molecule has 1 atom stereocenters. The summed E-state index contributed by atoms with van der Waals surface area (Å²) in [7, 11) is 3.45. The zero-order valence-corrected chi connectivity index (χ0v) is 12.1. The van der Waals surface area contributed by atoms with Crippen molar-refractivity contribution in [3.63, 3.8) is 0 Å². The maximum Gasteiger partial charge on any atom is 0.132 e. The van der Waals surface area contributed by atoms with Crippen LogP contribution >= 0.6 is 0 Å². The third kappa shape index (κ3) is 2.82. The highest BCUT2D eigenvalue weighted by Gasteiger charge is 2.24. The molecule has 0 amide bonds. The van der Waals surface area contributed by atoms with Gasteiger partial charge in [0.15, 0.2) is 0 Å². The molecule has 108 valence electrons. The van der Waals surface area contributed by atoms with Gasteiger partial charge in [0.2, 0.25) is 0 Å². The van der Waals surface area contributed by atoms with Crippen molar-refractivity contribution < 1.29 is 9.13 Å². The summed E-state index contributed by atoms with van der Waals surface area (Å²) in [6.45, 7) is 2.84. The molecule has 4 nitrogen and oxygen atoms in total. The second-order valence-corrected chi connectivity index (χ2v) is 4.64. The van der Waals surface area contributed by atoms with Gasteiger partial charge in [-0.25, -0.2) is 9.37 Å². The van der Waals surface area contributed by atoms with Crippen LogP contribution in [0.2, 0.25) is 0 Å². The van der Waals surface area contributed by atoms with Gasteiger partial charge in [-0.3, -0.25) is 0 Å². The number of hydrogen-bond acceptors (Lipinski definition) is 3. The Kier molecular flexibility index (Phi) is 4.74. The Morgan fingerprint density at radius 1 is 1.45 bits per heavy atom. The fourth-order valence-electron chi connectivity index (χ4n) is 2.24. The molecule has 1 unspecified atom stereocenters. The average molecular weight is 277 g/mol. The van der Waals surface area contributed by atoms with Gasteiger partial charge in [-0.1, -0.05) is 13.0 Å². The number of imidazole rings is 1. The van der Waals surface area contributed by atoms with Crippen molar-refractivity contribution in [3.05, 3.63) is 47.8 Å². The molecule has 1 aromatic heterocycles. The zero-order valence-electron chi connectivity index (χ0n) is 12.1. The Balaban J connectivity index is 2.49. The normalized spacial score (nSPS) is 12.4. The van der Waals surface area contributed by atoms with E-state index in [4.69, 9.17) is 4.74 Å². The van der Waals surface area contributed by atoms with Crippen molar-refractivity contribution >= 4 is 0 Å². The summed E-state index contributed by atoms with van der Waals surface area (Å²) >= 11 is 0. The van der Waals surface area contributed by atoms with E-state index in [0.717, 1.165) is 18.8 Å². The van der Waals surface area contributed by atoms with Gasteiger partial charge in [0.1, 0.15) is 17.4 Å². The molecule has 0 saturated carbocycles. The molecule has 0 aliphatic carbocycles. The highest BCUT2D eigenvalue weighted by atomic mass is 19.1. The molecule has 0 spiro atoms. The predicted molar refractivity (Wildman–Crippen MR) is 76.3 cm³/mol. The van der Waals surface area contributed by atoms with E-state index in [1.807, 2.05) is 17.8 Å². The van der Waals surface area contributed by atoms with E-state index < -0.39 is 0 Å². The van der Waals surface area contributed by atoms with Gasteiger partial charge >= 0.3 is 0 Å². The first-order valence-corrected chi connectivity index (χ1v) is 6.72. The third-order valence-electron chi connectivity index (χ3n) is 3.24. The summed E-state index contributed by atoms with van der Waals surface area (Å²) in [5, 5.41) is 3.34. The van der Waals surface area contributed by atoms with Crippen LogP contribution < -0.4 is 10.1 Å². The molecule has 1 heterocycles. The standard InChI is InChI=1S/C15H20FN3O/c1-4-8-17-14(15-18-9-10-19(15)2)13-11(16)6-5-7-12(13)20-3/h5-7,9-10,14,17H,4,8H2,1-3H3. The number of benzene rings is 1. The molecule has 1 N–H and O–H groups in total. The van der Waals surface area contributed by atoms with Crippen LogP contribution in [0.5, 0.6) is 5.75 Å². The Hall–Kier alpha value is -1.88. The summed E-state index contributed by atoms with van der Waals surface area (Å²) in [6.07, 6.45) is 4.52. The van der Waals surface area contributed by atoms with Gasteiger partial charge in [0.25, 0.3) is 0 Å². The lowest BCUT2D eigenvalue weighted by Crippen LogP contribution is -2.27. The Morgan fingerprint density at radius 3 is 2.85 bits per heavy atom. The first-order valence-electron chi connectivity index (χ1n) is 6.72. The summed E-state index contributed by atoms with van der Waals surface area (Å²) in [6, 6.07) is 4.53. The number of aromatic nitrogens is 2. The molecule has 0 bridgehead atoms. The first-order chi connectivity index (χ1) is 9.69. The molecule has 0 radical (unpaired) electrons. The van der Waals surface area contributed by atoms with E-state index in [9.17, 15) is 4.39 Å². The van der Waals surface area contributed by atoms with Crippen molar-refractivity contribution in [2.45, 2.75) is 19.4 Å². The lowest BCUT2D eigenvalue weighted by Gasteiger charge is -2.21. The lowest BCUT2D eigenvalue weighted by atomic mass is 10.0. The smallest absolute Gasteiger partial charge is 0.132 e. The number of rotatable bonds is 6. The molecule has 0 aliphatic rings. The number of methoxy groups -OCH3 is 1. The van der Waals surface area contributed by atoms with E-state index in [0.29, 0.717) is 11.3 Å². The van der Waals surface area contributed by atoms with Crippen LogP contribution in [0, 0.1) is 5.82 Å². The Labute approximate surface area is 118 Å². The SMILES string of the molecule is CCCNC(c1c(F)cccc1OC)c1nccn1C. The van der Waals surface area contributed by atoms with Crippen LogP contribution in [0.15, 0.2) is 30.6 Å². The van der Waals surface area contributed by atoms with Gasteiger partial charge in [-0.2, -0.15) is 0 Å². The lowest BCUT2D eigenvalue weighted by molar-refractivity contribution is 0.394. The van der Waals surface area contributed by atoms with Crippen LogP contribution in [-0.4, -0.2) is 23.2 Å². The largest absolute Gasteiger partial charge is 0.496 e. The molecule has 0 fully saturated rings. The fraction of sp³-hybridized carbons (Fsp3) is 0.400. The van der Waals surface area contributed by atoms with E-state index in [-0.39, 0.29) is 11.9 Å². The highest BCUT2D eigenvalue weighted by Crippen LogP contribution is 2.31. The summed E-state index contributed by atoms with van der Waals surface area (Å²) in [5.41, 5.74) is 0.498. The number of halogens is 1. The zero-order chi connectivity index (χ0) is 14.5. The fourth-order valence-corrected chi connectivity index (χ4v) is 2.24.